The van der Waals surface area contributed by atoms with Crippen molar-refractivity contribution in [2.75, 3.05) is 6.61 Å². The van der Waals surface area contributed by atoms with Crippen LogP contribution in [-0.4, -0.2) is 21.3 Å². The van der Waals surface area contributed by atoms with Crippen LogP contribution in [0.2, 0.25) is 0 Å². The Morgan fingerprint density at radius 3 is 2.94 bits per heavy atom. The van der Waals surface area contributed by atoms with Gasteiger partial charge in [-0.3, -0.25) is 0 Å². The fourth-order valence-corrected chi connectivity index (χ4v) is 1.82. The third-order valence-corrected chi connectivity index (χ3v) is 2.54. The molecule has 0 aliphatic rings. The molecule has 0 radical (unpaired) electrons. The van der Waals surface area contributed by atoms with Gasteiger partial charge in [-0.15, -0.1) is 6.42 Å². The lowest BCUT2D eigenvalue weighted by Gasteiger charge is -2.04. The maximum absolute atomic E-state index is 8.85. The molecule has 2 rings (SSSR count). The summed E-state index contributed by atoms with van der Waals surface area (Å²) in [7, 11) is 0. The number of hydrogen-bond acceptors (Lipinski definition) is 2. The summed E-state index contributed by atoms with van der Waals surface area (Å²) in [5.41, 5.74) is 2.03. The number of imidazole rings is 1. The summed E-state index contributed by atoms with van der Waals surface area (Å²) in [5, 5.41) is 8.85. The van der Waals surface area contributed by atoms with Gasteiger partial charge >= 0.3 is 0 Å². The van der Waals surface area contributed by atoms with E-state index < -0.39 is 0 Å². The van der Waals surface area contributed by atoms with Crippen LogP contribution in [0.4, 0.5) is 0 Å². The zero-order valence-electron chi connectivity index (χ0n) is 9.06. The quantitative estimate of drug-likeness (QED) is 0.785. The van der Waals surface area contributed by atoms with Crippen LogP contribution in [0, 0.1) is 12.3 Å². The first-order valence-corrected chi connectivity index (χ1v) is 5.35. The van der Waals surface area contributed by atoms with Crippen LogP contribution in [0.5, 0.6) is 0 Å². The molecule has 0 aliphatic carbocycles. The van der Waals surface area contributed by atoms with Gasteiger partial charge in [-0.05, 0) is 18.6 Å². The predicted molar refractivity (Wildman–Crippen MR) is 64.0 cm³/mol. The molecule has 0 atom stereocenters. The summed E-state index contributed by atoms with van der Waals surface area (Å²) < 4.78 is 2.03. The van der Waals surface area contributed by atoms with Crippen molar-refractivity contribution in [3.05, 3.63) is 30.1 Å². The Balaban J connectivity index is 2.46. The average molecular weight is 214 g/mol. The highest BCUT2D eigenvalue weighted by atomic mass is 16.2. The minimum atomic E-state index is 0.180. The largest absolute Gasteiger partial charge is 0.396 e. The SMILES string of the molecule is C#CCn1c(CCCO)nc2ccccc21. The minimum absolute atomic E-state index is 0.180. The summed E-state index contributed by atoms with van der Waals surface area (Å²) in [4.78, 5) is 4.53. The van der Waals surface area contributed by atoms with Gasteiger partial charge in [0.25, 0.3) is 0 Å². The van der Waals surface area contributed by atoms with Crippen LogP contribution in [0.25, 0.3) is 11.0 Å². The Morgan fingerprint density at radius 1 is 1.38 bits per heavy atom. The summed E-state index contributed by atoms with van der Waals surface area (Å²) in [5.74, 6) is 3.59. The predicted octanol–water partition coefficient (Wildman–Crippen LogP) is 1.59. The Labute approximate surface area is 94.7 Å². The number of aliphatic hydroxyl groups excluding tert-OH is 1. The first kappa shape index (κ1) is 10.7. The van der Waals surface area contributed by atoms with E-state index in [0.717, 1.165) is 23.3 Å². The number of aliphatic hydroxyl groups is 1. The van der Waals surface area contributed by atoms with Crippen LogP contribution in [0.1, 0.15) is 12.2 Å². The van der Waals surface area contributed by atoms with Crippen molar-refractivity contribution in [2.24, 2.45) is 0 Å². The summed E-state index contributed by atoms with van der Waals surface area (Å²) in [6.07, 6.45) is 6.83. The van der Waals surface area contributed by atoms with E-state index in [-0.39, 0.29) is 6.61 Å². The van der Waals surface area contributed by atoms with Crippen LogP contribution < -0.4 is 0 Å². The Kier molecular flexibility index (Phi) is 3.23. The number of aryl methyl sites for hydroxylation is 1. The Morgan fingerprint density at radius 2 is 2.19 bits per heavy atom. The van der Waals surface area contributed by atoms with Gasteiger partial charge in [-0.2, -0.15) is 0 Å². The smallest absolute Gasteiger partial charge is 0.110 e. The number of para-hydroxylation sites is 2. The van der Waals surface area contributed by atoms with Gasteiger partial charge < -0.3 is 9.67 Å². The molecule has 0 amide bonds. The summed E-state index contributed by atoms with van der Waals surface area (Å²) in [6.45, 7) is 0.709. The number of fused-ring (bicyclic) bond motifs is 1. The topological polar surface area (TPSA) is 38.0 Å². The molecule has 16 heavy (non-hydrogen) atoms. The lowest BCUT2D eigenvalue weighted by Crippen LogP contribution is -2.03. The van der Waals surface area contributed by atoms with Crippen LogP contribution in [0.15, 0.2) is 24.3 Å². The van der Waals surface area contributed by atoms with Gasteiger partial charge in [-0.1, -0.05) is 18.1 Å². The molecule has 0 saturated carbocycles. The van der Waals surface area contributed by atoms with E-state index in [0.29, 0.717) is 13.0 Å². The lowest BCUT2D eigenvalue weighted by atomic mass is 10.3. The first-order valence-electron chi connectivity index (χ1n) is 5.35. The zero-order valence-corrected chi connectivity index (χ0v) is 9.06. The van der Waals surface area contributed by atoms with E-state index in [1.54, 1.807) is 0 Å². The van der Waals surface area contributed by atoms with E-state index in [4.69, 9.17) is 11.5 Å². The monoisotopic (exact) mass is 214 g/mol. The fraction of sp³-hybridized carbons (Fsp3) is 0.308. The number of hydrogen-bond donors (Lipinski definition) is 1. The second kappa shape index (κ2) is 4.82. The van der Waals surface area contributed by atoms with Gasteiger partial charge in [0.15, 0.2) is 0 Å². The maximum Gasteiger partial charge on any atom is 0.110 e. The number of nitrogens with zero attached hydrogens (tertiary/aromatic N) is 2. The van der Waals surface area contributed by atoms with E-state index in [9.17, 15) is 0 Å². The molecule has 1 aromatic carbocycles. The van der Waals surface area contributed by atoms with Crippen LogP contribution in [-0.2, 0) is 13.0 Å². The molecule has 0 fully saturated rings. The van der Waals surface area contributed by atoms with Crippen molar-refractivity contribution < 1.29 is 5.11 Å². The molecule has 0 spiro atoms. The molecule has 3 nitrogen and oxygen atoms in total. The van der Waals surface area contributed by atoms with Crippen molar-refractivity contribution in [1.82, 2.24) is 9.55 Å². The molecule has 0 bridgehead atoms. The van der Waals surface area contributed by atoms with E-state index in [1.165, 1.54) is 0 Å². The van der Waals surface area contributed by atoms with Gasteiger partial charge in [0.1, 0.15) is 5.82 Å². The zero-order chi connectivity index (χ0) is 11.4. The number of benzene rings is 1. The number of rotatable bonds is 4. The highest BCUT2D eigenvalue weighted by molar-refractivity contribution is 5.76. The average Bonchev–Trinajstić information content (AvgIpc) is 2.66. The van der Waals surface area contributed by atoms with E-state index in [2.05, 4.69) is 10.9 Å². The Bertz CT molecular complexity index is 522. The second-order valence-corrected chi connectivity index (χ2v) is 3.63. The number of aromatic nitrogens is 2. The van der Waals surface area contributed by atoms with Crippen molar-refractivity contribution in [3.8, 4) is 12.3 Å². The Hall–Kier alpha value is -1.79. The third-order valence-electron chi connectivity index (χ3n) is 2.54. The maximum atomic E-state index is 8.85. The summed E-state index contributed by atoms with van der Waals surface area (Å²) in [6, 6.07) is 7.94. The molecule has 2 aromatic rings. The standard InChI is InChI=1S/C13H14N2O/c1-2-9-15-12-7-4-3-6-11(12)14-13(15)8-5-10-16/h1,3-4,6-7,16H,5,8-10H2. The molecule has 1 N–H and O–H groups in total. The number of terminal acetylenes is 1. The molecular weight excluding hydrogens is 200 g/mol. The van der Waals surface area contributed by atoms with Gasteiger partial charge in [0, 0.05) is 13.0 Å². The van der Waals surface area contributed by atoms with Gasteiger partial charge in [-0.25, -0.2) is 4.98 Å². The molecule has 82 valence electrons. The van der Waals surface area contributed by atoms with Crippen LogP contribution >= 0.6 is 0 Å². The fourth-order valence-electron chi connectivity index (χ4n) is 1.82. The minimum Gasteiger partial charge on any atom is -0.396 e. The first-order chi connectivity index (χ1) is 7.86. The molecule has 3 heteroatoms. The molecule has 0 unspecified atom stereocenters. The lowest BCUT2D eigenvalue weighted by molar-refractivity contribution is 0.287. The molecular formula is C13H14N2O. The highest BCUT2D eigenvalue weighted by Gasteiger charge is 2.08. The second-order valence-electron chi connectivity index (χ2n) is 3.63. The molecule has 1 heterocycles. The highest BCUT2D eigenvalue weighted by Crippen LogP contribution is 2.16. The van der Waals surface area contributed by atoms with Gasteiger partial charge in [0.05, 0.1) is 17.6 Å². The van der Waals surface area contributed by atoms with Crippen molar-refractivity contribution in [2.45, 2.75) is 19.4 Å². The summed E-state index contributed by atoms with van der Waals surface area (Å²) >= 11 is 0. The molecule has 0 saturated heterocycles. The molecule has 0 aliphatic heterocycles. The molecule has 1 aromatic heterocycles. The van der Waals surface area contributed by atoms with Crippen molar-refractivity contribution >= 4 is 11.0 Å². The normalized spacial score (nSPS) is 10.5. The van der Waals surface area contributed by atoms with E-state index >= 15 is 0 Å². The van der Waals surface area contributed by atoms with Crippen molar-refractivity contribution in [3.63, 3.8) is 0 Å². The van der Waals surface area contributed by atoms with Crippen molar-refractivity contribution in [1.29, 1.82) is 0 Å². The van der Waals surface area contributed by atoms with Gasteiger partial charge in [0.2, 0.25) is 0 Å². The van der Waals surface area contributed by atoms with E-state index in [1.807, 2.05) is 28.8 Å². The third kappa shape index (κ3) is 1.93. The van der Waals surface area contributed by atoms with Crippen LogP contribution in [0.3, 0.4) is 0 Å².